The number of nitrogens with two attached hydrogens (primary N) is 1. The third-order valence-corrected chi connectivity index (χ3v) is 3.82. The highest BCUT2D eigenvalue weighted by Gasteiger charge is 2.40. The molecule has 0 aromatic rings. The number of thiocarbonyl (C=S) groups is 1. The van der Waals surface area contributed by atoms with Crippen molar-refractivity contribution in [2.45, 2.75) is 72.4 Å². The number of hydrogen-bond donors (Lipinski definition) is 3. The molecule has 0 aromatic carbocycles. The predicted molar refractivity (Wildman–Crippen MR) is 89.9 cm³/mol. The van der Waals surface area contributed by atoms with Crippen LogP contribution in [0.1, 0.15) is 60.3 Å². The molecule has 21 heavy (non-hydrogen) atoms. The third-order valence-electron chi connectivity index (χ3n) is 3.43. The van der Waals surface area contributed by atoms with Crippen LogP contribution in [0.25, 0.3) is 0 Å². The van der Waals surface area contributed by atoms with Crippen molar-refractivity contribution >= 4 is 29.0 Å². The number of hydrogen-bond acceptors (Lipinski definition) is 3. The highest BCUT2D eigenvalue weighted by atomic mass is 32.1. The van der Waals surface area contributed by atoms with Crippen LogP contribution in [-0.2, 0) is 9.59 Å². The van der Waals surface area contributed by atoms with E-state index in [1.165, 1.54) is 0 Å². The molecule has 0 saturated carbocycles. The largest absolute Gasteiger partial charge is 0.392 e. The smallest absolute Gasteiger partial charge is 0.242 e. The molecule has 0 radical (unpaired) electrons. The Bertz CT molecular complexity index is 377. The van der Waals surface area contributed by atoms with Crippen molar-refractivity contribution in [3.63, 3.8) is 0 Å². The van der Waals surface area contributed by atoms with E-state index in [4.69, 9.17) is 18.0 Å². The fraction of sp³-hybridized carbons (Fsp3) is 0.800. The number of rotatable bonds is 9. The second-order valence-electron chi connectivity index (χ2n) is 5.80. The van der Waals surface area contributed by atoms with E-state index in [0.29, 0.717) is 12.8 Å². The summed E-state index contributed by atoms with van der Waals surface area (Å²) in [6.45, 7) is 9.40. The zero-order valence-corrected chi connectivity index (χ0v) is 14.6. The fourth-order valence-corrected chi connectivity index (χ4v) is 2.67. The molecule has 0 aliphatic heterocycles. The lowest BCUT2D eigenvalue weighted by molar-refractivity contribution is -0.133. The second-order valence-corrected chi connectivity index (χ2v) is 6.24. The highest BCUT2D eigenvalue weighted by Crippen LogP contribution is 2.31. The second kappa shape index (κ2) is 8.97. The van der Waals surface area contributed by atoms with E-state index in [2.05, 4.69) is 10.6 Å². The fourth-order valence-electron chi connectivity index (χ4n) is 2.37. The van der Waals surface area contributed by atoms with Crippen molar-refractivity contribution in [3.8, 4) is 0 Å². The van der Waals surface area contributed by atoms with Crippen molar-refractivity contribution < 1.29 is 9.59 Å². The van der Waals surface area contributed by atoms with Gasteiger partial charge in [0, 0.05) is 6.04 Å². The predicted octanol–water partition coefficient (Wildman–Crippen LogP) is 1.89. The Morgan fingerprint density at radius 2 is 1.57 bits per heavy atom. The summed E-state index contributed by atoms with van der Waals surface area (Å²) in [7, 11) is 0. The van der Waals surface area contributed by atoms with Crippen LogP contribution in [0.4, 0.5) is 0 Å². The normalized spacial score (nSPS) is 12.9. The molecule has 0 aliphatic carbocycles. The van der Waals surface area contributed by atoms with E-state index >= 15 is 0 Å². The van der Waals surface area contributed by atoms with Gasteiger partial charge in [0.15, 0.2) is 0 Å². The molecule has 0 fully saturated rings. The van der Waals surface area contributed by atoms with Crippen LogP contribution >= 0.6 is 12.2 Å². The third kappa shape index (κ3) is 5.61. The first kappa shape index (κ1) is 19.8. The van der Waals surface area contributed by atoms with Gasteiger partial charge in [-0.25, -0.2) is 0 Å². The SMILES string of the molecule is CCCC(CCC)(C(=O)NC(C)C(=O)NC(C)C)C(N)=S. The van der Waals surface area contributed by atoms with Gasteiger partial charge in [0.1, 0.15) is 6.04 Å². The minimum absolute atomic E-state index is 0.0310. The molecule has 0 spiro atoms. The molecule has 4 N–H and O–H groups in total. The molecule has 6 heteroatoms. The molecule has 122 valence electrons. The van der Waals surface area contributed by atoms with Crippen LogP contribution in [-0.4, -0.2) is 28.9 Å². The number of nitrogens with one attached hydrogen (secondary N) is 2. The zero-order valence-electron chi connectivity index (χ0n) is 13.8. The van der Waals surface area contributed by atoms with Crippen LogP contribution in [0.2, 0.25) is 0 Å². The standard InChI is InChI=1S/C15H29N3O2S/c1-6-8-15(9-7-2,13(16)21)14(20)18-11(5)12(19)17-10(3)4/h10-11H,6-9H2,1-5H3,(H2,16,21)(H,17,19)(H,18,20). The summed E-state index contributed by atoms with van der Waals surface area (Å²) in [6.07, 6.45) is 2.80. The van der Waals surface area contributed by atoms with Crippen molar-refractivity contribution in [1.29, 1.82) is 0 Å². The Kier molecular flexibility index (Phi) is 8.47. The molecule has 0 aliphatic rings. The van der Waals surface area contributed by atoms with Gasteiger partial charge in [-0.15, -0.1) is 0 Å². The molecular formula is C15H29N3O2S. The Morgan fingerprint density at radius 3 is 1.90 bits per heavy atom. The summed E-state index contributed by atoms with van der Waals surface area (Å²) in [4.78, 5) is 24.7. The summed E-state index contributed by atoms with van der Waals surface area (Å²) in [5.74, 6) is -0.451. The quantitative estimate of drug-likeness (QED) is 0.567. The van der Waals surface area contributed by atoms with E-state index in [9.17, 15) is 9.59 Å². The maximum atomic E-state index is 12.6. The molecule has 1 unspecified atom stereocenters. The Balaban J connectivity index is 5.05. The zero-order chi connectivity index (χ0) is 16.6. The van der Waals surface area contributed by atoms with Gasteiger partial charge in [-0.2, -0.15) is 0 Å². The molecule has 2 amide bonds. The van der Waals surface area contributed by atoms with E-state index in [-0.39, 0.29) is 22.8 Å². The van der Waals surface area contributed by atoms with Crippen molar-refractivity contribution in [1.82, 2.24) is 10.6 Å². The number of carbonyl (C=O) groups is 2. The van der Waals surface area contributed by atoms with Crippen LogP contribution in [0.3, 0.4) is 0 Å². The van der Waals surface area contributed by atoms with Gasteiger partial charge in [0.2, 0.25) is 11.8 Å². The summed E-state index contributed by atoms with van der Waals surface area (Å²) < 4.78 is 0. The van der Waals surface area contributed by atoms with E-state index in [1.807, 2.05) is 27.7 Å². The maximum absolute atomic E-state index is 12.6. The van der Waals surface area contributed by atoms with Gasteiger partial charge in [0.05, 0.1) is 10.4 Å². The number of amides is 2. The van der Waals surface area contributed by atoms with E-state index in [0.717, 1.165) is 12.8 Å². The minimum atomic E-state index is -0.856. The van der Waals surface area contributed by atoms with Crippen molar-refractivity contribution in [3.05, 3.63) is 0 Å². The molecule has 0 aromatic heterocycles. The van der Waals surface area contributed by atoms with E-state index in [1.54, 1.807) is 6.92 Å². The lowest BCUT2D eigenvalue weighted by atomic mass is 9.78. The molecule has 5 nitrogen and oxygen atoms in total. The Labute approximate surface area is 133 Å². The van der Waals surface area contributed by atoms with Crippen LogP contribution in [0.5, 0.6) is 0 Å². The molecular weight excluding hydrogens is 286 g/mol. The van der Waals surface area contributed by atoms with Gasteiger partial charge in [0.25, 0.3) is 0 Å². The van der Waals surface area contributed by atoms with Gasteiger partial charge in [-0.05, 0) is 33.6 Å². The maximum Gasteiger partial charge on any atom is 0.242 e. The summed E-state index contributed by atoms with van der Waals surface area (Å²) in [5.41, 5.74) is 4.99. The Morgan fingerprint density at radius 1 is 1.10 bits per heavy atom. The van der Waals surface area contributed by atoms with Crippen LogP contribution < -0.4 is 16.4 Å². The minimum Gasteiger partial charge on any atom is -0.392 e. The molecule has 0 heterocycles. The first-order valence-corrected chi connectivity index (χ1v) is 8.03. The molecule has 0 rings (SSSR count). The highest BCUT2D eigenvalue weighted by molar-refractivity contribution is 7.80. The van der Waals surface area contributed by atoms with Crippen LogP contribution in [0, 0.1) is 5.41 Å². The summed E-state index contributed by atoms with van der Waals surface area (Å²) in [5, 5.41) is 5.53. The average Bonchev–Trinajstić information content (AvgIpc) is 2.36. The van der Waals surface area contributed by atoms with Crippen molar-refractivity contribution in [2.24, 2.45) is 11.1 Å². The number of carbonyl (C=O) groups excluding carboxylic acids is 2. The molecule has 0 bridgehead atoms. The van der Waals surface area contributed by atoms with Gasteiger partial charge >= 0.3 is 0 Å². The average molecular weight is 315 g/mol. The van der Waals surface area contributed by atoms with Gasteiger partial charge < -0.3 is 16.4 Å². The van der Waals surface area contributed by atoms with Gasteiger partial charge in [-0.1, -0.05) is 38.9 Å². The monoisotopic (exact) mass is 315 g/mol. The van der Waals surface area contributed by atoms with Crippen LogP contribution in [0.15, 0.2) is 0 Å². The lowest BCUT2D eigenvalue weighted by Gasteiger charge is -2.32. The van der Waals surface area contributed by atoms with E-state index < -0.39 is 11.5 Å². The first-order chi connectivity index (χ1) is 9.71. The van der Waals surface area contributed by atoms with Gasteiger partial charge in [-0.3, -0.25) is 9.59 Å². The molecule has 0 saturated heterocycles. The molecule has 1 atom stereocenters. The topological polar surface area (TPSA) is 84.2 Å². The Hall–Kier alpha value is -1.17. The summed E-state index contributed by atoms with van der Waals surface area (Å²) >= 11 is 5.14. The van der Waals surface area contributed by atoms with Crippen molar-refractivity contribution in [2.75, 3.05) is 0 Å². The first-order valence-electron chi connectivity index (χ1n) is 7.62. The lowest BCUT2D eigenvalue weighted by Crippen LogP contribution is -2.54. The summed E-state index contributed by atoms with van der Waals surface area (Å²) in [6, 6.07) is -0.578.